The SMILES string of the molecule is CCNCCCCCC(=O)CCCSSC(C)(C)CCC(=O)Nc1cc(COc2cc3c(cc2C)C(=O)N2c4ccccc4C[C@@H]2CC3)cc(COc2cc3c(cc2OC)C(=O)N2c4ccccc4C[C@@H]2CC3)c1. The zero-order valence-electron chi connectivity index (χ0n) is 43.8. The van der Waals surface area contributed by atoms with Crippen LogP contribution in [-0.2, 0) is 48.5 Å². The van der Waals surface area contributed by atoms with Crippen LogP contribution in [0, 0.1) is 6.92 Å². The number of amides is 3. The number of carbonyl (C=O) groups is 4. The number of Topliss-reactive ketones (excluding diaryl/α,β-unsaturated/α-hetero) is 1. The number of nitrogens with zero attached hydrogens (tertiary/aromatic N) is 2. The largest absolute Gasteiger partial charge is 0.493 e. The molecule has 5 aromatic rings. The standard InChI is InChI=1S/C61H72N4O7S2/c1-6-62-27-13-7-8-17-50(66)18-14-28-73-74-61(3,4)26-25-58(67)63-47-31-41(38-71-55-35-43-21-23-48-33-45-15-9-11-19-53(45)64(48)59(68)51(43)29-40(55)2)30-42(32-47)39-72-57-36-44-22-24-49-34-46-16-10-12-20-54(46)65(49)60(69)52(44)37-56(57)70-5/h9-12,15-16,19-20,29-32,35-37,48-49,62H,6-8,13-14,17-18,21-28,33-34,38-39H2,1-5H3,(H,63,67)/t48-,49-/m0/s1. The van der Waals surface area contributed by atoms with Gasteiger partial charge in [-0.3, -0.25) is 19.2 Å². The van der Waals surface area contributed by atoms with Gasteiger partial charge in [0.15, 0.2) is 11.5 Å². The first kappa shape index (κ1) is 53.1. The summed E-state index contributed by atoms with van der Waals surface area (Å²) in [6.45, 7) is 10.8. The maximum atomic E-state index is 14.2. The van der Waals surface area contributed by atoms with Crippen LogP contribution < -0.4 is 34.6 Å². The van der Waals surface area contributed by atoms with Gasteiger partial charge in [-0.25, -0.2) is 0 Å². The van der Waals surface area contributed by atoms with Crippen LogP contribution in [0.1, 0.15) is 145 Å². The van der Waals surface area contributed by atoms with Gasteiger partial charge in [-0.1, -0.05) is 71.3 Å². The molecule has 2 N–H and O–H groups in total. The lowest BCUT2D eigenvalue weighted by Gasteiger charge is -2.23. The Morgan fingerprint density at radius 3 is 1.92 bits per heavy atom. The van der Waals surface area contributed by atoms with Crippen molar-refractivity contribution in [2.75, 3.05) is 41.1 Å². The molecule has 11 nitrogen and oxygen atoms in total. The van der Waals surface area contributed by atoms with Crippen LogP contribution in [0.2, 0.25) is 0 Å². The lowest BCUT2D eigenvalue weighted by molar-refractivity contribution is -0.119. The van der Waals surface area contributed by atoms with Crippen molar-refractivity contribution in [1.29, 1.82) is 0 Å². The normalized spacial score (nSPS) is 16.6. The molecule has 0 fully saturated rings. The third-order valence-electron chi connectivity index (χ3n) is 14.9. The Bertz CT molecular complexity index is 2870. The fraction of sp³-hybridized carbons (Fsp3) is 0.443. The summed E-state index contributed by atoms with van der Waals surface area (Å²) in [5.41, 5.74) is 10.9. The molecule has 0 radical (unpaired) electrons. The lowest BCUT2D eigenvalue weighted by atomic mass is 9.98. The molecule has 0 unspecified atom stereocenters. The van der Waals surface area contributed by atoms with Crippen molar-refractivity contribution in [3.05, 3.63) is 141 Å². The van der Waals surface area contributed by atoms with Crippen LogP contribution in [0.3, 0.4) is 0 Å². The number of methoxy groups -OCH3 is 1. The van der Waals surface area contributed by atoms with Gasteiger partial charge >= 0.3 is 0 Å². The van der Waals surface area contributed by atoms with E-state index in [0.717, 1.165) is 134 Å². The van der Waals surface area contributed by atoms with Gasteiger partial charge < -0.3 is 34.6 Å². The predicted molar refractivity (Wildman–Crippen MR) is 301 cm³/mol. The third kappa shape index (κ3) is 12.7. The average Bonchev–Trinajstić information content (AvgIpc) is 3.89. The van der Waals surface area contributed by atoms with E-state index in [0.29, 0.717) is 54.2 Å². The lowest BCUT2D eigenvalue weighted by Crippen LogP contribution is -2.36. The van der Waals surface area contributed by atoms with E-state index in [1.807, 2.05) is 89.5 Å². The minimum Gasteiger partial charge on any atom is -0.493 e. The fourth-order valence-electron chi connectivity index (χ4n) is 11.0. The molecule has 4 aliphatic heterocycles. The topological polar surface area (TPSA) is 127 Å². The van der Waals surface area contributed by atoms with E-state index in [-0.39, 0.29) is 47.8 Å². The molecule has 0 aromatic heterocycles. The first-order valence-corrected chi connectivity index (χ1v) is 29.1. The number of benzene rings is 5. The number of para-hydroxylation sites is 2. The molecule has 4 aliphatic rings. The summed E-state index contributed by atoms with van der Waals surface area (Å²) in [6.07, 6.45) is 11.3. The highest BCUT2D eigenvalue weighted by atomic mass is 33.1. The van der Waals surface area contributed by atoms with Gasteiger partial charge in [-0.15, -0.1) is 0 Å². The molecule has 3 amide bonds. The number of rotatable bonds is 24. The molecule has 74 heavy (non-hydrogen) atoms. The van der Waals surface area contributed by atoms with Gasteiger partial charge in [0, 0.05) is 70.0 Å². The second-order valence-electron chi connectivity index (χ2n) is 21.0. The van der Waals surface area contributed by atoms with Crippen molar-refractivity contribution in [3.8, 4) is 17.2 Å². The fourth-order valence-corrected chi connectivity index (χ4v) is 13.7. The third-order valence-corrected chi connectivity index (χ3v) is 18.4. The number of fused-ring (bicyclic) bond motifs is 8. The quantitative estimate of drug-likeness (QED) is 0.0456. The van der Waals surface area contributed by atoms with Crippen molar-refractivity contribution in [2.24, 2.45) is 0 Å². The first-order valence-electron chi connectivity index (χ1n) is 26.8. The molecule has 390 valence electrons. The number of aryl methyl sites for hydroxylation is 3. The molecule has 13 heteroatoms. The molecule has 2 atom stereocenters. The van der Waals surface area contributed by atoms with E-state index in [2.05, 4.69) is 49.6 Å². The van der Waals surface area contributed by atoms with Gasteiger partial charge in [-0.2, -0.15) is 0 Å². The van der Waals surface area contributed by atoms with Crippen LogP contribution >= 0.6 is 21.6 Å². The van der Waals surface area contributed by atoms with Gasteiger partial charge in [-0.05, 0) is 192 Å². The summed E-state index contributed by atoms with van der Waals surface area (Å²) in [7, 11) is 5.15. The molecule has 0 saturated carbocycles. The van der Waals surface area contributed by atoms with E-state index in [1.165, 1.54) is 11.1 Å². The van der Waals surface area contributed by atoms with Crippen molar-refractivity contribution >= 4 is 62.2 Å². The zero-order chi connectivity index (χ0) is 51.8. The van der Waals surface area contributed by atoms with Gasteiger partial charge in [0.1, 0.15) is 24.7 Å². The van der Waals surface area contributed by atoms with E-state index in [4.69, 9.17) is 14.2 Å². The summed E-state index contributed by atoms with van der Waals surface area (Å²) in [6, 6.07) is 30.4. The van der Waals surface area contributed by atoms with Crippen molar-refractivity contribution < 1.29 is 33.4 Å². The highest BCUT2D eigenvalue weighted by molar-refractivity contribution is 8.77. The van der Waals surface area contributed by atoms with Crippen LogP contribution in [0.5, 0.6) is 17.2 Å². The Hall–Kier alpha value is -5.76. The Morgan fingerprint density at radius 2 is 1.28 bits per heavy atom. The molecule has 4 heterocycles. The maximum absolute atomic E-state index is 14.2. The number of hydrogen-bond donors (Lipinski definition) is 2. The molecule has 5 aromatic carbocycles. The summed E-state index contributed by atoms with van der Waals surface area (Å²) in [5, 5.41) is 6.53. The number of ketones is 1. The summed E-state index contributed by atoms with van der Waals surface area (Å²) < 4.78 is 18.9. The minimum absolute atomic E-state index is 0.0193. The molecule has 9 rings (SSSR count). The minimum atomic E-state index is -0.150. The molecule has 0 spiro atoms. The zero-order valence-corrected chi connectivity index (χ0v) is 45.5. The molecule has 0 aliphatic carbocycles. The van der Waals surface area contributed by atoms with Crippen LogP contribution in [0.15, 0.2) is 91.0 Å². The van der Waals surface area contributed by atoms with Crippen molar-refractivity contribution in [3.63, 3.8) is 0 Å². The Morgan fingerprint density at radius 1 is 0.689 bits per heavy atom. The Labute approximate surface area is 445 Å². The van der Waals surface area contributed by atoms with Crippen LogP contribution in [0.25, 0.3) is 0 Å². The number of hydrogen-bond acceptors (Lipinski definition) is 10. The van der Waals surface area contributed by atoms with Gasteiger partial charge in [0.25, 0.3) is 11.8 Å². The average molecular weight is 1040 g/mol. The van der Waals surface area contributed by atoms with E-state index >= 15 is 0 Å². The van der Waals surface area contributed by atoms with Crippen LogP contribution in [0.4, 0.5) is 17.1 Å². The van der Waals surface area contributed by atoms with Crippen molar-refractivity contribution in [2.45, 2.75) is 148 Å². The van der Waals surface area contributed by atoms with E-state index < -0.39 is 0 Å². The second-order valence-corrected chi connectivity index (χ2v) is 24.1. The van der Waals surface area contributed by atoms with Gasteiger partial charge in [0.05, 0.1) is 7.11 Å². The Balaban J connectivity index is 0.867. The molecule has 0 bridgehead atoms. The number of ether oxygens (including phenoxy) is 3. The number of unbranched alkanes of at least 4 members (excludes halogenated alkanes) is 2. The van der Waals surface area contributed by atoms with Gasteiger partial charge in [0.2, 0.25) is 5.91 Å². The first-order chi connectivity index (χ1) is 35.9. The summed E-state index contributed by atoms with van der Waals surface area (Å²) >= 11 is 0. The molecule has 0 saturated heterocycles. The molecular weight excluding hydrogens is 965 g/mol. The van der Waals surface area contributed by atoms with Crippen LogP contribution in [-0.4, -0.2) is 66.3 Å². The highest BCUT2D eigenvalue weighted by Crippen LogP contribution is 2.43. The summed E-state index contributed by atoms with van der Waals surface area (Å²) in [4.78, 5) is 58.4. The van der Waals surface area contributed by atoms with Crippen molar-refractivity contribution in [1.82, 2.24) is 5.32 Å². The predicted octanol–water partition coefficient (Wildman–Crippen LogP) is 12.6. The number of nitrogens with one attached hydrogen (secondary N) is 2. The maximum Gasteiger partial charge on any atom is 0.258 e. The monoisotopic (exact) mass is 1040 g/mol. The van der Waals surface area contributed by atoms with E-state index in [1.54, 1.807) is 28.7 Å². The Kier molecular flexibility index (Phi) is 17.4. The number of carbonyl (C=O) groups excluding carboxylic acids is 4. The second kappa shape index (κ2) is 24.3. The number of anilines is 3. The molecular formula is C61H72N4O7S2. The highest BCUT2D eigenvalue weighted by Gasteiger charge is 2.39. The summed E-state index contributed by atoms with van der Waals surface area (Å²) in [5.74, 6) is 2.93. The smallest absolute Gasteiger partial charge is 0.258 e. The van der Waals surface area contributed by atoms with E-state index in [9.17, 15) is 19.2 Å².